The Hall–Kier alpha value is -0.510. The number of benzene rings is 1. The van der Waals surface area contributed by atoms with Gasteiger partial charge in [-0.1, -0.05) is 43.7 Å². The molecule has 0 fully saturated rings. The molecule has 0 saturated heterocycles. The molecule has 108 valence electrons. The maximum Gasteiger partial charge on any atom is 0.0446 e. The van der Waals surface area contributed by atoms with Gasteiger partial charge < -0.3 is 10.6 Å². The van der Waals surface area contributed by atoms with Gasteiger partial charge >= 0.3 is 0 Å². The highest BCUT2D eigenvalue weighted by molar-refractivity contribution is 7.99. The van der Waals surface area contributed by atoms with Gasteiger partial charge in [0.25, 0.3) is 0 Å². The second-order valence-corrected chi connectivity index (χ2v) is 6.34. The lowest BCUT2D eigenvalue weighted by molar-refractivity contribution is 0.323. The summed E-state index contributed by atoms with van der Waals surface area (Å²) in [6.07, 6.45) is 0. The van der Waals surface area contributed by atoms with Gasteiger partial charge in [-0.15, -0.1) is 0 Å². The lowest BCUT2D eigenvalue weighted by Crippen LogP contribution is -2.27. The zero-order valence-electron chi connectivity index (χ0n) is 12.7. The van der Waals surface area contributed by atoms with Crippen molar-refractivity contribution in [1.29, 1.82) is 0 Å². The third kappa shape index (κ3) is 5.55. The molecule has 1 aromatic carbocycles. The second-order valence-electron chi connectivity index (χ2n) is 5.09. The Morgan fingerprint density at radius 1 is 1.26 bits per heavy atom. The van der Waals surface area contributed by atoms with Crippen LogP contribution < -0.4 is 5.73 Å². The van der Waals surface area contributed by atoms with Gasteiger partial charge in [-0.2, -0.15) is 11.8 Å². The summed E-state index contributed by atoms with van der Waals surface area (Å²) >= 11 is 1.98. The molecule has 0 saturated carbocycles. The van der Waals surface area contributed by atoms with E-state index in [-0.39, 0.29) is 6.04 Å². The number of rotatable bonds is 8. The van der Waals surface area contributed by atoms with Gasteiger partial charge in [-0.3, -0.25) is 0 Å². The summed E-state index contributed by atoms with van der Waals surface area (Å²) in [7, 11) is 0. The lowest BCUT2D eigenvalue weighted by Gasteiger charge is -2.23. The summed E-state index contributed by atoms with van der Waals surface area (Å²) in [5.74, 6) is 1.14. The number of nitrogens with zero attached hydrogens (tertiary/aromatic N) is 1. The molecule has 2 unspecified atom stereocenters. The van der Waals surface area contributed by atoms with E-state index in [9.17, 15) is 0 Å². The van der Waals surface area contributed by atoms with Crippen LogP contribution in [0.15, 0.2) is 24.3 Å². The molecular formula is C16H28N2S. The molecule has 2 N–H and O–H groups in total. The molecule has 19 heavy (non-hydrogen) atoms. The Morgan fingerprint density at radius 2 is 1.95 bits per heavy atom. The summed E-state index contributed by atoms with van der Waals surface area (Å²) in [6.45, 7) is 12.1. The molecule has 1 rings (SSSR count). The molecule has 0 aliphatic rings. The zero-order valence-corrected chi connectivity index (χ0v) is 13.5. The summed E-state index contributed by atoms with van der Waals surface area (Å²) in [4.78, 5) is 2.46. The first-order valence-corrected chi connectivity index (χ1v) is 8.29. The molecule has 2 atom stereocenters. The Labute approximate surface area is 122 Å². The molecule has 0 radical (unpaired) electrons. The number of thioether (sulfide) groups is 1. The zero-order chi connectivity index (χ0) is 14.3. The summed E-state index contributed by atoms with van der Waals surface area (Å²) in [5.41, 5.74) is 8.84. The third-order valence-corrected chi connectivity index (χ3v) is 4.93. The fraction of sp³-hybridized carbons (Fsp3) is 0.625. The average Bonchev–Trinajstić information content (AvgIpc) is 2.38. The first kappa shape index (κ1) is 16.5. The summed E-state index contributed by atoms with van der Waals surface area (Å²) in [5, 5.41) is 0.399. The van der Waals surface area contributed by atoms with Gasteiger partial charge in [-0.25, -0.2) is 0 Å². The number of hydrogen-bond donors (Lipinski definition) is 1. The highest BCUT2D eigenvalue weighted by Crippen LogP contribution is 2.31. The molecule has 0 aromatic heterocycles. The predicted molar refractivity (Wildman–Crippen MR) is 87.8 cm³/mol. The van der Waals surface area contributed by atoms with Crippen molar-refractivity contribution in [3.05, 3.63) is 35.4 Å². The van der Waals surface area contributed by atoms with Crippen LogP contribution in [0.3, 0.4) is 0 Å². The SMILES string of the molecule is CCN(CC)CCSC(c1cccc(C)c1)C(C)N. The normalized spacial score (nSPS) is 14.6. The molecule has 1 aromatic rings. The highest BCUT2D eigenvalue weighted by atomic mass is 32.2. The maximum absolute atomic E-state index is 6.17. The molecule has 0 amide bonds. The number of hydrogen-bond acceptors (Lipinski definition) is 3. The Bertz CT molecular complexity index is 362. The van der Waals surface area contributed by atoms with Crippen LogP contribution >= 0.6 is 11.8 Å². The standard InChI is InChI=1S/C16H28N2S/c1-5-18(6-2)10-11-19-16(14(4)17)15-9-7-8-13(3)12-15/h7-9,12,14,16H,5-6,10-11,17H2,1-4H3. The molecule has 0 aliphatic heterocycles. The minimum atomic E-state index is 0.184. The third-order valence-electron chi connectivity index (χ3n) is 3.45. The van der Waals surface area contributed by atoms with Crippen LogP contribution in [0.5, 0.6) is 0 Å². The van der Waals surface area contributed by atoms with Crippen molar-refractivity contribution in [3.63, 3.8) is 0 Å². The van der Waals surface area contributed by atoms with E-state index in [1.165, 1.54) is 11.1 Å². The van der Waals surface area contributed by atoms with Crippen LogP contribution in [0.2, 0.25) is 0 Å². The number of aryl methyl sites for hydroxylation is 1. The van der Waals surface area contributed by atoms with Gasteiger partial charge in [0.1, 0.15) is 0 Å². The van der Waals surface area contributed by atoms with Crippen LogP contribution in [0.25, 0.3) is 0 Å². The molecular weight excluding hydrogens is 252 g/mol. The highest BCUT2D eigenvalue weighted by Gasteiger charge is 2.17. The molecule has 0 aliphatic carbocycles. The molecule has 3 heteroatoms. The van der Waals surface area contributed by atoms with Crippen molar-refractivity contribution in [2.75, 3.05) is 25.4 Å². The van der Waals surface area contributed by atoms with Crippen LogP contribution in [0.4, 0.5) is 0 Å². The van der Waals surface area contributed by atoms with E-state index < -0.39 is 0 Å². The van der Waals surface area contributed by atoms with E-state index in [0.29, 0.717) is 5.25 Å². The van der Waals surface area contributed by atoms with E-state index in [1.54, 1.807) is 0 Å². The van der Waals surface area contributed by atoms with Gasteiger partial charge in [-0.05, 0) is 32.5 Å². The van der Waals surface area contributed by atoms with Crippen LogP contribution in [-0.4, -0.2) is 36.3 Å². The van der Waals surface area contributed by atoms with Gasteiger partial charge in [0.05, 0.1) is 0 Å². The van der Waals surface area contributed by atoms with E-state index in [4.69, 9.17) is 5.73 Å². The average molecular weight is 280 g/mol. The van der Waals surface area contributed by atoms with Crippen LogP contribution in [-0.2, 0) is 0 Å². The van der Waals surface area contributed by atoms with E-state index in [2.05, 4.69) is 56.9 Å². The summed E-state index contributed by atoms with van der Waals surface area (Å²) < 4.78 is 0. The topological polar surface area (TPSA) is 29.3 Å². The van der Waals surface area contributed by atoms with E-state index in [1.807, 2.05) is 11.8 Å². The van der Waals surface area contributed by atoms with Crippen LogP contribution in [0, 0.1) is 6.92 Å². The largest absolute Gasteiger partial charge is 0.327 e. The predicted octanol–water partition coefficient (Wildman–Crippen LogP) is 3.46. The van der Waals surface area contributed by atoms with Crippen molar-refractivity contribution >= 4 is 11.8 Å². The fourth-order valence-electron chi connectivity index (χ4n) is 2.25. The monoisotopic (exact) mass is 280 g/mol. The van der Waals surface area contributed by atoms with Gasteiger partial charge in [0.2, 0.25) is 0 Å². The van der Waals surface area contributed by atoms with Crippen LogP contribution in [0.1, 0.15) is 37.1 Å². The lowest BCUT2D eigenvalue weighted by atomic mass is 10.0. The Balaban J connectivity index is 2.59. The van der Waals surface area contributed by atoms with Crippen molar-refractivity contribution in [3.8, 4) is 0 Å². The molecule has 0 spiro atoms. The van der Waals surface area contributed by atoms with Crippen molar-refractivity contribution < 1.29 is 0 Å². The molecule has 0 bridgehead atoms. The summed E-state index contributed by atoms with van der Waals surface area (Å²) in [6, 6.07) is 8.92. The fourth-order valence-corrected chi connectivity index (χ4v) is 3.51. The minimum Gasteiger partial charge on any atom is -0.327 e. The van der Waals surface area contributed by atoms with Gasteiger partial charge in [0, 0.05) is 23.6 Å². The minimum absolute atomic E-state index is 0.184. The first-order valence-electron chi connectivity index (χ1n) is 7.24. The number of nitrogens with two attached hydrogens (primary N) is 1. The van der Waals surface area contributed by atoms with Crippen molar-refractivity contribution in [2.24, 2.45) is 5.73 Å². The quantitative estimate of drug-likeness (QED) is 0.791. The van der Waals surface area contributed by atoms with E-state index >= 15 is 0 Å². The smallest absolute Gasteiger partial charge is 0.0446 e. The first-order chi connectivity index (χ1) is 9.08. The molecule has 2 nitrogen and oxygen atoms in total. The Morgan fingerprint density at radius 3 is 2.47 bits per heavy atom. The van der Waals surface area contributed by atoms with Crippen molar-refractivity contribution in [2.45, 2.75) is 39.0 Å². The second kappa shape index (κ2) is 8.62. The Kier molecular flexibility index (Phi) is 7.51. The van der Waals surface area contributed by atoms with Gasteiger partial charge in [0.15, 0.2) is 0 Å². The van der Waals surface area contributed by atoms with Crippen molar-refractivity contribution in [1.82, 2.24) is 4.90 Å². The maximum atomic E-state index is 6.17. The van der Waals surface area contributed by atoms with E-state index in [0.717, 1.165) is 25.4 Å². The molecule has 0 heterocycles.